The van der Waals surface area contributed by atoms with Gasteiger partial charge in [-0.2, -0.15) is 0 Å². The number of benzene rings is 3. The molecule has 170 valence electrons. The number of fused-ring (bicyclic) bond motifs is 1. The highest BCUT2D eigenvalue weighted by Gasteiger charge is 2.23. The van der Waals surface area contributed by atoms with Gasteiger partial charge in [0.15, 0.2) is 5.75 Å². The Morgan fingerprint density at radius 3 is 2.45 bits per heavy atom. The molecular weight excluding hydrogens is 486 g/mol. The van der Waals surface area contributed by atoms with Crippen LogP contribution in [0.4, 0.5) is 10.1 Å². The van der Waals surface area contributed by atoms with Crippen molar-refractivity contribution in [2.45, 2.75) is 18.2 Å². The van der Waals surface area contributed by atoms with E-state index in [4.69, 9.17) is 27.9 Å². The van der Waals surface area contributed by atoms with Gasteiger partial charge in [-0.1, -0.05) is 35.3 Å². The number of hydrogen-bond donors (Lipinski definition) is 1. The number of ether oxygens (including phenoxy) is 1. The van der Waals surface area contributed by atoms with Crippen molar-refractivity contribution >= 4 is 49.8 Å². The summed E-state index contributed by atoms with van der Waals surface area (Å²) in [6, 6.07) is 16.1. The first-order valence-electron chi connectivity index (χ1n) is 9.87. The van der Waals surface area contributed by atoms with Crippen LogP contribution in [0, 0.1) is 12.7 Å². The molecule has 5 nitrogen and oxygen atoms in total. The summed E-state index contributed by atoms with van der Waals surface area (Å²) in [5.41, 5.74) is 3.78. The van der Waals surface area contributed by atoms with Crippen molar-refractivity contribution in [3.63, 3.8) is 0 Å². The topological polar surface area (TPSA) is 68.3 Å². The summed E-state index contributed by atoms with van der Waals surface area (Å²) in [5.74, 6) is -0.312. The molecule has 33 heavy (non-hydrogen) atoms. The summed E-state index contributed by atoms with van der Waals surface area (Å²) in [6.07, 6.45) is 0.536. The van der Waals surface area contributed by atoms with Crippen LogP contribution in [0.25, 0.3) is 10.9 Å². The number of nitrogens with one attached hydrogen (secondary N) is 1. The maximum atomic E-state index is 13.8. The van der Waals surface area contributed by atoms with Crippen molar-refractivity contribution in [3.8, 4) is 5.75 Å². The highest BCUT2D eigenvalue weighted by molar-refractivity contribution is 7.92. The fourth-order valence-electron chi connectivity index (χ4n) is 3.62. The van der Waals surface area contributed by atoms with Crippen molar-refractivity contribution < 1.29 is 17.5 Å². The number of aromatic nitrogens is 1. The fourth-order valence-corrected chi connectivity index (χ4v) is 5.58. The molecule has 0 aliphatic heterocycles. The van der Waals surface area contributed by atoms with E-state index in [1.807, 2.05) is 13.0 Å². The minimum atomic E-state index is -4.01. The lowest BCUT2D eigenvalue weighted by atomic mass is 10.00. The van der Waals surface area contributed by atoms with E-state index in [9.17, 15) is 12.8 Å². The van der Waals surface area contributed by atoms with E-state index in [2.05, 4.69) is 9.71 Å². The predicted molar refractivity (Wildman–Crippen MR) is 130 cm³/mol. The molecule has 3 aromatic carbocycles. The predicted octanol–water partition coefficient (Wildman–Crippen LogP) is 6.39. The van der Waals surface area contributed by atoms with E-state index in [1.165, 1.54) is 31.4 Å². The number of methoxy groups -OCH3 is 1. The molecule has 0 amide bonds. The lowest BCUT2D eigenvalue weighted by Gasteiger charge is -2.14. The maximum absolute atomic E-state index is 13.8. The highest BCUT2D eigenvalue weighted by atomic mass is 35.5. The van der Waals surface area contributed by atoms with Crippen molar-refractivity contribution in [1.82, 2.24) is 4.98 Å². The SMILES string of the molecule is COc1c(Cl)cc(Cl)cc1S(=O)(=O)Nc1ccc(Cc2cc(C)nc3ccc(F)cc23)cc1. The lowest BCUT2D eigenvalue weighted by Crippen LogP contribution is -2.14. The zero-order valence-corrected chi connectivity index (χ0v) is 20.0. The molecule has 0 saturated heterocycles. The molecule has 0 saturated carbocycles. The quantitative estimate of drug-likeness (QED) is 0.330. The van der Waals surface area contributed by atoms with E-state index in [1.54, 1.807) is 30.3 Å². The number of nitrogens with zero attached hydrogens (tertiary/aromatic N) is 1. The van der Waals surface area contributed by atoms with Crippen LogP contribution in [0.5, 0.6) is 5.75 Å². The van der Waals surface area contributed by atoms with Gasteiger partial charge in [-0.3, -0.25) is 9.71 Å². The Kier molecular flexibility index (Phi) is 6.47. The third-order valence-electron chi connectivity index (χ3n) is 5.05. The molecule has 1 N–H and O–H groups in total. The van der Waals surface area contributed by atoms with Gasteiger partial charge in [0, 0.05) is 21.8 Å². The van der Waals surface area contributed by atoms with Crippen LogP contribution in [0.3, 0.4) is 0 Å². The van der Waals surface area contributed by atoms with Crippen LogP contribution in [-0.4, -0.2) is 20.5 Å². The molecule has 4 rings (SSSR count). The number of halogens is 3. The molecule has 0 atom stereocenters. The van der Waals surface area contributed by atoms with Gasteiger partial charge >= 0.3 is 0 Å². The highest BCUT2D eigenvalue weighted by Crippen LogP contribution is 2.36. The first-order chi connectivity index (χ1) is 15.7. The van der Waals surface area contributed by atoms with Gasteiger partial charge in [-0.15, -0.1) is 0 Å². The molecular formula is C24H19Cl2FN2O3S. The molecule has 4 aromatic rings. The number of anilines is 1. The molecule has 0 aliphatic carbocycles. The van der Waals surface area contributed by atoms with E-state index in [-0.39, 0.29) is 26.5 Å². The van der Waals surface area contributed by atoms with Gasteiger partial charge in [0.2, 0.25) is 0 Å². The van der Waals surface area contributed by atoms with Gasteiger partial charge in [0.25, 0.3) is 10.0 Å². The second-order valence-electron chi connectivity index (χ2n) is 7.48. The zero-order valence-electron chi connectivity index (χ0n) is 17.7. The third kappa shape index (κ3) is 5.05. The van der Waals surface area contributed by atoms with Gasteiger partial charge in [-0.25, -0.2) is 12.8 Å². The first kappa shape index (κ1) is 23.3. The van der Waals surface area contributed by atoms with Crippen molar-refractivity contribution in [1.29, 1.82) is 0 Å². The molecule has 0 bridgehead atoms. The number of sulfonamides is 1. The van der Waals surface area contributed by atoms with Crippen LogP contribution >= 0.6 is 23.2 Å². The normalized spacial score (nSPS) is 11.5. The average molecular weight is 505 g/mol. The Balaban J connectivity index is 1.60. The van der Waals surface area contributed by atoms with Crippen molar-refractivity contribution in [3.05, 3.63) is 93.3 Å². The Labute approximate surface area is 201 Å². The van der Waals surface area contributed by atoms with Crippen LogP contribution in [-0.2, 0) is 16.4 Å². The smallest absolute Gasteiger partial charge is 0.265 e. The number of hydrogen-bond acceptors (Lipinski definition) is 4. The Hall–Kier alpha value is -2.87. The van der Waals surface area contributed by atoms with Crippen LogP contribution in [0.15, 0.2) is 65.6 Å². The standard InChI is InChI=1S/C24H19Cl2FN2O3S/c1-14-9-16(20-13-18(27)5-8-22(20)28-14)10-15-3-6-19(7-4-15)29-33(30,31)23-12-17(25)11-21(26)24(23)32-2/h3-9,11-13,29H,10H2,1-2H3. The minimum absolute atomic E-state index is 0.0114. The summed E-state index contributed by atoms with van der Waals surface area (Å²) in [4.78, 5) is 4.30. The Morgan fingerprint density at radius 1 is 1.03 bits per heavy atom. The molecule has 0 aliphatic rings. The summed E-state index contributed by atoms with van der Waals surface area (Å²) in [7, 11) is -2.67. The monoisotopic (exact) mass is 504 g/mol. The van der Waals surface area contributed by atoms with Crippen LogP contribution in [0.1, 0.15) is 16.8 Å². The Bertz CT molecular complexity index is 1460. The lowest BCUT2D eigenvalue weighted by molar-refractivity contribution is 0.403. The van der Waals surface area contributed by atoms with Crippen LogP contribution < -0.4 is 9.46 Å². The molecule has 1 heterocycles. The minimum Gasteiger partial charge on any atom is -0.494 e. The summed E-state index contributed by atoms with van der Waals surface area (Å²) in [6.45, 7) is 1.89. The number of pyridine rings is 1. The molecule has 0 fully saturated rings. The van der Waals surface area contributed by atoms with Gasteiger partial charge in [0.05, 0.1) is 17.6 Å². The van der Waals surface area contributed by atoms with Crippen molar-refractivity contribution in [2.75, 3.05) is 11.8 Å². The van der Waals surface area contributed by atoms with Gasteiger partial charge in [0.1, 0.15) is 10.7 Å². The van der Waals surface area contributed by atoms with E-state index in [0.29, 0.717) is 12.1 Å². The molecule has 9 heteroatoms. The summed E-state index contributed by atoms with van der Waals surface area (Å²) < 4.78 is 47.3. The second-order valence-corrected chi connectivity index (χ2v) is 9.98. The summed E-state index contributed by atoms with van der Waals surface area (Å²) in [5, 5.41) is 1.01. The molecule has 0 unspecified atom stereocenters. The first-order valence-corrected chi connectivity index (χ1v) is 12.1. The van der Waals surface area contributed by atoms with Crippen molar-refractivity contribution in [2.24, 2.45) is 0 Å². The van der Waals surface area contributed by atoms with Gasteiger partial charge < -0.3 is 4.74 Å². The zero-order chi connectivity index (χ0) is 23.8. The van der Waals surface area contributed by atoms with Crippen LogP contribution in [0.2, 0.25) is 10.0 Å². The largest absolute Gasteiger partial charge is 0.494 e. The number of rotatable bonds is 6. The third-order valence-corrected chi connectivity index (χ3v) is 6.94. The molecule has 1 aromatic heterocycles. The van der Waals surface area contributed by atoms with E-state index < -0.39 is 10.0 Å². The summed E-state index contributed by atoms with van der Waals surface area (Å²) >= 11 is 12.1. The average Bonchev–Trinajstić information content (AvgIpc) is 2.75. The number of aryl methyl sites for hydroxylation is 1. The van der Waals surface area contributed by atoms with Gasteiger partial charge in [-0.05, 0) is 73.0 Å². The molecule has 0 spiro atoms. The fraction of sp³-hybridized carbons (Fsp3) is 0.125. The second kappa shape index (κ2) is 9.17. The van der Waals surface area contributed by atoms with E-state index in [0.717, 1.165) is 27.7 Å². The Morgan fingerprint density at radius 2 is 1.76 bits per heavy atom. The van der Waals surface area contributed by atoms with E-state index >= 15 is 0 Å². The maximum Gasteiger partial charge on any atom is 0.265 e. The molecule has 0 radical (unpaired) electrons.